The number of nitrogens with zero attached hydrogens (tertiary/aromatic N) is 1. The smallest absolute Gasteiger partial charge is 0.338 e. The van der Waals surface area contributed by atoms with Crippen LogP contribution in [0.25, 0.3) is 0 Å². The number of aryl methyl sites for hydroxylation is 4. The second-order valence-electron chi connectivity index (χ2n) is 6.92. The monoisotopic (exact) mass is 365 g/mol. The summed E-state index contributed by atoms with van der Waals surface area (Å²) in [6, 6.07) is 12.7. The Labute approximate surface area is 161 Å². The van der Waals surface area contributed by atoms with Crippen LogP contribution in [0.2, 0.25) is 0 Å². The third-order valence-corrected chi connectivity index (χ3v) is 5.42. The maximum absolute atomic E-state index is 13.3. The molecule has 4 aliphatic carbocycles. The molecule has 4 aliphatic rings. The number of amides is 1. The number of carbonyl (C=O) groups excluding carboxylic acids is 2. The van der Waals surface area contributed by atoms with Crippen molar-refractivity contribution in [3.63, 3.8) is 0 Å². The standard InChI is InChI=1S/C23H27NO3/c1-4-24(5-2)22(25)20-18-12-10-16-6-8-17(9-7-16)11-13-19(15-14-18)21(20)23(26)27-3/h6-9,14-15H,4-5,10-13H2,1-3H3. The molecule has 2 aromatic carbocycles. The molecule has 142 valence electrons. The van der Waals surface area contributed by atoms with E-state index < -0.39 is 5.97 Å². The molecule has 0 spiro atoms. The fourth-order valence-corrected chi connectivity index (χ4v) is 3.78. The van der Waals surface area contributed by atoms with Crippen LogP contribution in [0.1, 0.15) is 56.8 Å². The zero-order chi connectivity index (χ0) is 19.4. The molecular weight excluding hydrogens is 338 g/mol. The van der Waals surface area contributed by atoms with Gasteiger partial charge in [-0.2, -0.15) is 0 Å². The van der Waals surface area contributed by atoms with Gasteiger partial charge in [-0.1, -0.05) is 36.4 Å². The number of hydrogen-bond acceptors (Lipinski definition) is 3. The summed E-state index contributed by atoms with van der Waals surface area (Å²) in [5.74, 6) is -0.503. The quantitative estimate of drug-likeness (QED) is 0.774. The van der Waals surface area contributed by atoms with Gasteiger partial charge in [0.15, 0.2) is 0 Å². The topological polar surface area (TPSA) is 46.6 Å². The largest absolute Gasteiger partial charge is 0.465 e. The van der Waals surface area contributed by atoms with Gasteiger partial charge >= 0.3 is 5.97 Å². The van der Waals surface area contributed by atoms with E-state index in [1.165, 1.54) is 18.2 Å². The number of carbonyl (C=O) groups is 2. The van der Waals surface area contributed by atoms with E-state index in [2.05, 4.69) is 24.3 Å². The fraction of sp³-hybridized carbons (Fsp3) is 0.391. The fourth-order valence-electron chi connectivity index (χ4n) is 3.78. The van der Waals surface area contributed by atoms with E-state index in [0.29, 0.717) is 37.1 Å². The molecule has 1 amide bonds. The first-order valence-electron chi connectivity index (χ1n) is 9.69. The van der Waals surface area contributed by atoms with Gasteiger partial charge in [0, 0.05) is 13.1 Å². The first-order valence-corrected chi connectivity index (χ1v) is 9.69. The van der Waals surface area contributed by atoms with Crippen molar-refractivity contribution in [1.29, 1.82) is 0 Å². The van der Waals surface area contributed by atoms with E-state index in [1.54, 1.807) is 4.90 Å². The predicted octanol–water partition coefficient (Wildman–Crippen LogP) is 3.84. The normalized spacial score (nSPS) is 13.0. The minimum absolute atomic E-state index is 0.0804. The highest BCUT2D eigenvalue weighted by Gasteiger charge is 2.27. The van der Waals surface area contributed by atoms with Gasteiger partial charge < -0.3 is 9.64 Å². The molecule has 27 heavy (non-hydrogen) atoms. The minimum Gasteiger partial charge on any atom is -0.465 e. The van der Waals surface area contributed by atoms with Gasteiger partial charge in [-0.15, -0.1) is 0 Å². The van der Waals surface area contributed by atoms with E-state index in [9.17, 15) is 9.59 Å². The summed E-state index contributed by atoms with van der Waals surface area (Å²) in [5.41, 5.74) is 5.24. The van der Waals surface area contributed by atoms with E-state index in [4.69, 9.17) is 4.74 Å². The van der Waals surface area contributed by atoms with Crippen molar-refractivity contribution in [1.82, 2.24) is 4.90 Å². The lowest BCUT2D eigenvalue weighted by atomic mass is 9.88. The maximum atomic E-state index is 13.3. The lowest BCUT2D eigenvalue weighted by Crippen LogP contribution is -2.33. The van der Waals surface area contributed by atoms with Crippen molar-refractivity contribution in [2.75, 3.05) is 20.2 Å². The molecule has 0 aliphatic heterocycles. The van der Waals surface area contributed by atoms with Gasteiger partial charge in [-0.05, 0) is 61.8 Å². The van der Waals surface area contributed by atoms with Gasteiger partial charge in [0.2, 0.25) is 0 Å². The Kier molecular flexibility index (Phi) is 5.94. The third kappa shape index (κ3) is 3.90. The molecule has 4 nitrogen and oxygen atoms in total. The summed E-state index contributed by atoms with van der Waals surface area (Å²) >= 11 is 0. The third-order valence-electron chi connectivity index (χ3n) is 5.42. The molecule has 4 bridgehead atoms. The van der Waals surface area contributed by atoms with Crippen LogP contribution in [0, 0.1) is 0 Å². The molecule has 0 atom stereocenters. The maximum Gasteiger partial charge on any atom is 0.338 e. The van der Waals surface area contributed by atoms with E-state index in [0.717, 1.165) is 24.0 Å². The Balaban J connectivity index is 2.18. The Morgan fingerprint density at radius 2 is 1.30 bits per heavy atom. The second kappa shape index (κ2) is 8.38. The molecule has 2 aromatic rings. The number of methoxy groups -OCH3 is 1. The van der Waals surface area contributed by atoms with Gasteiger partial charge in [-0.25, -0.2) is 4.79 Å². The summed E-state index contributed by atoms with van der Waals surface area (Å²) in [6.07, 6.45) is 3.07. The first-order chi connectivity index (χ1) is 13.1. The van der Waals surface area contributed by atoms with Crippen molar-refractivity contribution in [3.05, 3.63) is 69.8 Å². The number of benzene rings is 2. The van der Waals surface area contributed by atoms with Gasteiger partial charge in [0.05, 0.1) is 18.2 Å². The van der Waals surface area contributed by atoms with Crippen LogP contribution in [0.15, 0.2) is 36.4 Å². The highest BCUT2D eigenvalue weighted by atomic mass is 16.5. The van der Waals surface area contributed by atoms with Gasteiger partial charge in [-0.3, -0.25) is 4.79 Å². The van der Waals surface area contributed by atoms with Crippen LogP contribution >= 0.6 is 0 Å². The van der Waals surface area contributed by atoms with Crippen LogP contribution in [0.5, 0.6) is 0 Å². The SMILES string of the molecule is CCN(CC)C(=O)c1c2ccc(c1C(=O)OC)CCc1ccc(cc1)CC2. The highest BCUT2D eigenvalue weighted by Crippen LogP contribution is 2.26. The van der Waals surface area contributed by atoms with Crippen molar-refractivity contribution in [3.8, 4) is 0 Å². The molecular formula is C23H27NO3. The summed E-state index contributed by atoms with van der Waals surface area (Å²) in [5, 5.41) is 0. The zero-order valence-corrected chi connectivity index (χ0v) is 16.4. The number of hydrogen-bond donors (Lipinski definition) is 0. The van der Waals surface area contributed by atoms with Crippen molar-refractivity contribution in [2.24, 2.45) is 0 Å². The zero-order valence-electron chi connectivity index (χ0n) is 16.4. The molecule has 4 heteroatoms. The van der Waals surface area contributed by atoms with Crippen molar-refractivity contribution in [2.45, 2.75) is 39.5 Å². The number of rotatable bonds is 4. The van der Waals surface area contributed by atoms with Crippen LogP contribution < -0.4 is 0 Å². The average molecular weight is 365 g/mol. The minimum atomic E-state index is -0.423. The molecule has 0 heterocycles. The van der Waals surface area contributed by atoms with Crippen LogP contribution in [0.4, 0.5) is 0 Å². The molecule has 0 radical (unpaired) electrons. The average Bonchev–Trinajstić information content (AvgIpc) is 2.69. The molecule has 0 N–H and O–H groups in total. The highest BCUT2D eigenvalue weighted by molar-refractivity contribution is 6.07. The predicted molar refractivity (Wildman–Crippen MR) is 106 cm³/mol. The number of esters is 1. The van der Waals surface area contributed by atoms with Gasteiger partial charge in [0.25, 0.3) is 5.91 Å². The Morgan fingerprint density at radius 1 is 0.815 bits per heavy atom. The molecule has 6 rings (SSSR count). The van der Waals surface area contributed by atoms with Crippen LogP contribution in [-0.2, 0) is 30.4 Å². The first kappa shape index (κ1) is 19.2. The molecule has 0 unspecified atom stereocenters. The number of ether oxygens (including phenoxy) is 1. The van der Waals surface area contributed by atoms with E-state index in [1.807, 2.05) is 26.0 Å². The Morgan fingerprint density at radius 3 is 1.74 bits per heavy atom. The van der Waals surface area contributed by atoms with Gasteiger partial charge in [0.1, 0.15) is 0 Å². The van der Waals surface area contributed by atoms with Crippen molar-refractivity contribution < 1.29 is 14.3 Å². The summed E-state index contributed by atoms with van der Waals surface area (Å²) in [4.78, 5) is 27.8. The summed E-state index contributed by atoms with van der Waals surface area (Å²) < 4.78 is 5.08. The van der Waals surface area contributed by atoms with Crippen molar-refractivity contribution >= 4 is 11.9 Å². The molecule has 0 saturated heterocycles. The molecule has 0 fully saturated rings. The van der Waals surface area contributed by atoms with Crippen LogP contribution in [-0.4, -0.2) is 37.0 Å². The summed E-state index contributed by atoms with van der Waals surface area (Å²) in [6.45, 7) is 5.14. The van der Waals surface area contributed by atoms with Crippen LogP contribution in [0.3, 0.4) is 0 Å². The molecule has 0 saturated carbocycles. The summed E-state index contributed by atoms with van der Waals surface area (Å²) in [7, 11) is 1.38. The lowest BCUT2D eigenvalue weighted by Gasteiger charge is -2.24. The Bertz CT molecular complexity index is 835. The molecule has 0 aromatic heterocycles. The van der Waals surface area contributed by atoms with E-state index >= 15 is 0 Å². The van der Waals surface area contributed by atoms with E-state index in [-0.39, 0.29) is 5.91 Å². The second-order valence-corrected chi connectivity index (χ2v) is 6.92. The lowest BCUT2D eigenvalue weighted by molar-refractivity contribution is 0.0589. The Hall–Kier alpha value is -2.62.